The van der Waals surface area contributed by atoms with E-state index in [1.807, 2.05) is 23.9 Å². The van der Waals surface area contributed by atoms with E-state index in [0.717, 1.165) is 24.7 Å². The van der Waals surface area contributed by atoms with E-state index >= 15 is 0 Å². The summed E-state index contributed by atoms with van der Waals surface area (Å²) >= 11 is 2.04. The highest BCUT2D eigenvalue weighted by atomic mass is 32.2. The molecule has 1 N–H and O–H groups in total. The molecule has 0 saturated carbocycles. The van der Waals surface area contributed by atoms with Crippen LogP contribution in [0.1, 0.15) is 19.0 Å². The van der Waals surface area contributed by atoms with E-state index in [9.17, 15) is 0 Å². The van der Waals surface area contributed by atoms with Gasteiger partial charge in [-0.15, -0.1) is 5.10 Å². The predicted octanol–water partition coefficient (Wildman–Crippen LogP) is 1.30. The fraction of sp³-hybridized carbons (Fsp3) is 0.636. The van der Waals surface area contributed by atoms with Crippen LogP contribution in [-0.2, 0) is 6.61 Å². The Morgan fingerprint density at radius 3 is 3.00 bits per heavy atom. The number of aromatic nitrogens is 2. The predicted molar refractivity (Wildman–Crippen MR) is 66.7 cm³/mol. The Bertz CT molecular complexity index is 331. The molecule has 0 bridgehead atoms. The van der Waals surface area contributed by atoms with Gasteiger partial charge in [-0.05, 0) is 18.6 Å². The van der Waals surface area contributed by atoms with Crippen molar-refractivity contribution in [1.82, 2.24) is 10.2 Å². The molecule has 0 amide bonds. The van der Waals surface area contributed by atoms with Crippen molar-refractivity contribution in [2.24, 2.45) is 0 Å². The smallest absolute Gasteiger partial charge is 0.151 e. The molecule has 1 aliphatic rings. The largest absolute Gasteiger partial charge is 0.390 e. The third kappa shape index (κ3) is 2.65. The van der Waals surface area contributed by atoms with Crippen LogP contribution in [0.2, 0.25) is 0 Å². The zero-order chi connectivity index (χ0) is 11.4. The molecule has 4 nitrogen and oxygen atoms in total. The average molecular weight is 239 g/mol. The Kier molecular flexibility index (Phi) is 4.01. The number of nitrogens with zero attached hydrogens (tertiary/aromatic N) is 3. The Morgan fingerprint density at radius 2 is 2.38 bits per heavy atom. The van der Waals surface area contributed by atoms with E-state index in [-0.39, 0.29) is 6.61 Å². The van der Waals surface area contributed by atoms with E-state index in [1.54, 1.807) is 0 Å². The average Bonchev–Trinajstić information content (AvgIpc) is 2.39. The Hall–Kier alpha value is -0.810. The first-order valence-corrected chi connectivity index (χ1v) is 6.68. The van der Waals surface area contributed by atoms with Crippen LogP contribution < -0.4 is 4.90 Å². The van der Waals surface area contributed by atoms with Gasteiger partial charge >= 0.3 is 0 Å². The SMILES string of the molecule is CCC1CN(c2ccc(CO)nn2)CCS1. The zero-order valence-corrected chi connectivity index (χ0v) is 10.3. The Morgan fingerprint density at radius 1 is 1.50 bits per heavy atom. The first-order chi connectivity index (χ1) is 7.83. The maximum absolute atomic E-state index is 8.90. The van der Waals surface area contributed by atoms with Crippen molar-refractivity contribution in [2.45, 2.75) is 25.2 Å². The van der Waals surface area contributed by atoms with Crippen LogP contribution in [0.25, 0.3) is 0 Å². The van der Waals surface area contributed by atoms with Gasteiger partial charge < -0.3 is 10.0 Å². The number of rotatable bonds is 3. The van der Waals surface area contributed by atoms with Crippen LogP contribution >= 0.6 is 11.8 Å². The van der Waals surface area contributed by atoms with Crippen LogP contribution in [0, 0.1) is 0 Å². The monoisotopic (exact) mass is 239 g/mol. The van der Waals surface area contributed by atoms with Gasteiger partial charge in [-0.25, -0.2) is 0 Å². The molecule has 1 unspecified atom stereocenters. The third-order valence-electron chi connectivity index (χ3n) is 2.79. The summed E-state index contributed by atoms with van der Waals surface area (Å²) in [5, 5.41) is 17.7. The minimum Gasteiger partial charge on any atom is -0.390 e. The van der Waals surface area contributed by atoms with Crippen LogP contribution in [0.4, 0.5) is 5.82 Å². The van der Waals surface area contributed by atoms with Crippen LogP contribution in [0.15, 0.2) is 12.1 Å². The summed E-state index contributed by atoms with van der Waals surface area (Å²) in [6, 6.07) is 3.78. The molecule has 1 aliphatic heterocycles. The topological polar surface area (TPSA) is 49.2 Å². The minimum atomic E-state index is -0.0410. The maximum Gasteiger partial charge on any atom is 0.151 e. The lowest BCUT2D eigenvalue weighted by Crippen LogP contribution is -2.38. The van der Waals surface area contributed by atoms with Crippen molar-refractivity contribution in [2.75, 3.05) is 23.7 Å². The van der Waals surface area contributed by atoms with E-state index in [2.05, 4.69) is 22.0 Å². The zero-order valence-electron chi connectivity index (χ0n) is 9.46. The number of aliphatic hydroxyl groups excluding tert-OH is 1. The lowest BCUT2D eigenvalue weighted by atomic mass is 10.3. The standard InChI is InChI=1S/C11H17N3OS/c1-2-10-7-14(5-6-16-10)11-4-3-9(8-15)12-13-11/h3-4,10,15H,2,5-8H2,1H3. The van der Waals surface area contributed by atoms with Crippen molar-refractivity contribution in [1.29, 1.82) is 0 Å². The first-order valence-electron chi connectivity index (χ1n) is 5.63. The molecule has 1 aromatic rings. The van der Waals surface area contributed by atoms with Gasteiger partial charge in [0.1, 0.15) is 0 Å². The Balaban J connectivity index is 2.05. The second-order valence-electron chi connectivity index (χ2n) is 3.89. The molecule has 0 aromatic carbocycles. The van der Waals surface area contributed by atoms with Gasteiger partial charge in [0.2, 0.25) is 0 Å². The summed E-state index contributed by atoms with van der Waals surface area (Å²) in [4.78, 5) is 2.28. The third-order valence-corrected chi connectivity index (χ3v) is 4.16. The molecule has 16 heavy (non-hydrogen) atoms. The van der Waals surface area contributed by atoms with Gasteiger partial charge in [-0.3, -0.25) is 0 Å². The molecule has 88 valence electrons. The van der Waals surface area contributed by atoms with Crippen LogP contribution in [0.3, 0.4) is 0 Å². The van der Waals surface area contributed by atoms with Crippen molar-refractivity contribution in [3.8, 4) is 0 Å². The van der Waals surface area contributed by atoms with Crippen molar-refractivity contribution < 1.29 is 5.11 Å². The molecule has 2 rings (SSSR count). The van der Waals surface area contributed by atoms with Crippen molar-refractivity contribution >= 4 is 17.6 Å². The molecule has 5 heteroatoms. The molecule has 1 atom stereocenters. The quantitative estimate of drug-likeness (QED) is 0.861. The molecule has 1 fully saturated rings. The fourth-order valence-electron chi connectivity index (χ4n) is 1.78. The normalized spacial score (nSPS) is 21.1. The van der Waals surface area contributed by atoms with Gasteiger partial charge in [0.15, 0.2) is 5.82 Å². The summed E-state index contributed by atoms with van der Waals surface area (Å²) in [5.74, 6) is 2.08. The van der Waals surface area contributed by atoms with E-state index in [1.165, 1.54) is 6.42 Å². The lowest BCUT2D eigenvalue weighted by Gasteiger charge is -2.32. The molecule has 0 aliphatic carbocycles. The molecule has 0 spiro atoms. The summed E-state index contributed by atoms with van der Waals surface area (Å²) in [5.41, 5.74) is 0.627. The van der Waals surface area contributed by atoms with Crippen LogP contribution in [0.5, 0.6) is 0 Å². The van der Waals surface area contributed by atoms with E-state index < -0.39 is 0 Å². The summed E-state index contributed by atoms with van der Waals surface area (Å²) in [7, 11) is 0. The minimum absolute atomic E-state index is 0.0410. The van der Waals surface area contributed by atoms with Gasteiger partial charge in [-0.2, -0.15) is 16.9 Å². The lowest BCUT2D eigenvalue weighted by molar-refractivity contribution is 0.275. The second kappa shape index (κ2) is 5.50. The molecule has 1 saturated heterocycles. The number of hydrogen-bond acceptors (Lipinski definition) is 5. The highest BCUT2D eigenvalue weighted by molar-refractivity contribution is 8.00. The number of anilines is 1. The Labute approximate surface area is 100 Å². The van der Waals surface area contributed by atoms with Gasteiger partial charge in [-0.1, -0.05) is 6.92 Å². The highest BCUT2D eigenvalue weighted by Gasteiger charge is 2.19. The molecular weight excluding hydrogens is 222 g/mol. The molecule has 1 aromatic heterocycles. The van der Waals surface area contributed by atoms with Gasteiger partial charge in [0, 0.05) is 24.1 Å². The maximum atomic E-state index is 8.90. The molecule has 2 heterocycles. The van der Waals surface area contributed by atoms with Crippen LogP contribution in [-0.4, -0.2) is 39.4 Å². The summed E-state index contributed by atoms with van der Waals surface area (Å²) < 4.78 is 0. The highest BCUT2D eigenvalue weighted by Crippen LogP contribution is 2.24. The summed E-state index contributed by atoms with van der Waals surface area (Å²) in [6.45, 7) is 4.27. The second-order valence-corrected chi connectivity index (χ2v) is 5.30. The number of thioether (sulfide) groups is 1. The molecule has 0 radical (unpaired) electrons. The molecular formula is C11H17N3OS. The number of hydrogen-bond donors (Lipinski definition) is 1. The van der Waals surface area contributed by atoms with E-state index in [0.29, 0.717) is 10.9 Å². The van der Waals surface area contributed by atoms with Gasteiger partial charge in [0.05, 0.1) is 12.3 Å². The summed E-state index contributed by atoms with van der Waals surface area (Å²) in [6.07, 6.45) is 1.20. The van der Waals surface area contributed by atoms with Gasteiger partial charge in [0.25, 0.3) is 0 Å². The van der Waals surface area contributed by atoms with Crippen molar-refractivity contribution in [3.63, 3.8) is 0 Å². The fourth-order valence-corrected chi connectivity index (χ4v) is 2.96. The van der Waals surface area contributed by atoms with E-state index in [4.69, 9.17) is 5.11 Å². The van der Waals surface area contributed by atoms with Crippen molar-refractivity contribution in [3.05, 3.63) is 17.8 Å². The first kappa shape index (κ1) is 11.7. The number of aliphatic hydroxyl groups is 1.